The molecule has 0 aliphatic carbocycles. The first-order valence-corrected chi connectivity index (χ1v) is 10.9. The molecule has 3 aliphatic rings. The normalized spacial score (nSPS) is 18.9. The lowest BCUT2D eigenvalue weighted by Crippen LogP contribution is -2.47. The summed E-state index contributed by atoms with van der Waals surface area (Å²) < 4.78 is 20.4. The molecule has 0 atom stereocenters. The summed E-state index contributed by atoms with van der Waals surface area (Å²) in [6, 6.07) is 4.75. The van der Waals surface area contributed by atoms with Crippen LogP contribution in [0, 0.1) is 5.82 Å². The van der Waals surface area contributed by atoms with E-state index in [1.54, 1.807) is 0 Å². The number of benzene rings is 1. The van der Waals surface area contributed by atoms with Crippen LogP contribution >= 0.6 is 48.2 Å². The summed E-state index contributed by atoms with van der Waals surface area (Å²) in [6.45, 7) is 6.09. The van der Waals surface area contributed by atoms with Gasteiger partial charge in [-0.1, -0.05) is 23.4 Å². The van der Waals surface area contributed by atoms with Crippen LogP contribution in [0.1, 0.15) is 18.4 Å². The van der Waals surface area contributed by atoms with Crippen LogP contribution in [0.3, 0.4) is 0 Å². The third-order valence-electron chi connectivity index (χ3n) is 5.33. The zero-order chi connectivity index (χ0) is 19.5. The summed E-state index contributed by atoms with van der Waals surface area (Å²) in [5.74, 6) is 1.04. The molecule has 0 unspecified atom stereocenters. The molecule has 9 heteroatoms. The molecule has 166 valence electrons. The first kappa shape index (κ1) is 25.5. The fraction of sp³-hybridized carbons (Fsp3) is 0.429. The molecule has 1 aromatic carbocycles. The zero-order valence-corrected chi connectivity index (χ0v) is 19.7. The Kier molecular flexibility index (Phi) is 10.0. The summed E-state index contributed by atoms with van der Waals surface area (Å²) in [4.78, 5) is 5.81. The van der Waals surface area contributed by atoms with Crippen LogP contribution in [0.5, 0.6) is 5.75 Å². The van der Waals surface area contributed by atoms with Gasteiger partial charge in [0.1, 0.15) is 17.3 Å². The number of thioether (sulfide) groups is 1. The van der Waals surface area contributed by atoms with Crippen LogP contribution < -0.4 is 4.74 Å². The SMILES string of the molecule is Cl.Cl.OCCN1CCN(CCCC2=C3SC(Cl)=CC=C3Oc3cc(F)ccc32)CC1. The number of hydrogen-bond donors (Lipinski definition) is 1. The molecule has 1 saturated heterocycles. The van der Waals surface area contributed by atoms with Gasteiger partial charge < -0.3 is 14.7 Å². The molecule has 1 N–H and O–H groups in total. The number of β-amino-alcohol motifs (C(OH)–C–C–N with tert-alkyl or cyclic N) is 1. The van der Waals surface area contributed by atoms with Crippen LogP contribution in [0.2, 0.25) is 0 Å². The Labute approximate surface area is 198 Å². The number of allylic oxidation sites excluding steroid dienone is 3. The molecule has 1 fully saturated rings. The van der Waals surface area contributed by atoms with Crippen LogP contribution in [0.25, 0.3) is 5.57 Å². The number of aliphatic hydroxyl groups is 1. The smallest absolute Gasteiger partial charge is 0.141 e. The highest BCUT2D eigenvalue weighted by molar-refractivity contribution is 8.08. The van der Waals surface area contributed by atoms with Crippen molar-refractivity contribution in [2.24, 2.45) is 0 Å². The number of halogens is 4. The Balaban J connectivity index is 0.00000160. The van der Waals surface area contributed by atoms with Gasteiger partial charge in [-0.25, -0.2) is 4.39 Å². The minimum atomic E-state index is -0.292. The fourth-order valence-corrected chi connectivity index (χ4v) is 5.04. The van der Waals surface area contributed by atoms with E-state index in [0.717, 1.165) is 68.3 Å². The number of hydrogen-bond acceptors (Lipinski definition) is 5. The van der Waals surface area contributed by atoms with Gasteiger partial charge in [-0.3, -0.25) is 4.90 Å². The number of ether oxygens (including phenoxy) is 1. The van der Waals surface area contributed by atoms with Gasteiger partial charge in [0.25, 0.3) is 0 Å². The molecule has 1 aromatic rings. The zero-order valence-electron chi connectivity index (χ0n) is 16.5. The lowest BCUT2D eigenvalue weighted by Gasteiger charge is -2.34. The van der Waals surface area contributed by atoms with Crippen LogP contribution in [0.4, 0.5) is 4.39 Å². The molecule has 0 aromatic heterocycles. The highest BCUT2D eigenvalue weighted by Gasteiger charge is 2.27. The lowest BCUT2D eigenvalue weighted by atomic mass is 9.96. The standard InChI is InChI=1S/C21H24ClFN2O2S.2ClH/c22-20-6-5-18-21(28-20)17(16-4-3-15(23)14-19(16)27-18)2-1-7-24-8-10-25(11-9-24)12-13-26;;/h3-6,14,26H,1-2,7-13H2;2*1H. The van der Waals surface area contributed by atoms with Crippen LogP contribution in [-0.4, -0.2) is 60.8 Å². The van der Waals surface area contributed by atoms with Crippen LogP contribution in [-0.2, 0) is 0 Å². The van der Waals surface area contributed by atoms with E-state index in [2.05, 4.69) is 9.80 Å². The van der Waals surface area contributed by atoms with Crippen LogP contribution in [0.15, 0.2) is 45.4 Å². The topological polar surface area (TPSA) is 35.9 Å². The van der Waals surface area contributed by atoms with Crippen molar-refractivity contribution in [1.82, 2.24) is 9.80 Å². The average molecular weight is 496 g/mol. The van der Waals surface area contributed by atoms with E-state index in [0.29, 0.717) is 10.1 Å². The molecule has 0 amide bonds. The summed E-state index contributed by atoms with van der Waals surface area (Å²) >= 11 is 7.76. The van der Waals surface area contributed by atoms with Crippen molar-refractivity contribution in [3.63, 3.8) is 0 Å². The monoisotopic (exact) mass is 494 g/mol. The molecule has 3 heterocycles. The second-order valence-corrected chi connectivity index (χ2v) is 8.85. The van der Waals surface area contributed by atoms with Gasteiger partial charge in [-0.2, -0.15) is 0 Å². The molecule has 0 bridgehead atoms. The maximum absolute atomic E-state index is 13.7. The number of fused-ring (bicyclic) bond motifs is 2. The van der Waals surface area contributed by atoms with Gasteiger partial charge >= 0.3 is 0 Å². The molecule has 4 rings (SSSR count). The van der Waals surface area contributed by atoms with Crippen molar-refractivity contribution in [3.05, 3.63) is 56.8 Å². The number of aliphatic hydroxyl groups excluding tert-OH is 1. The summed E-state index contributed by atoms with van der Waals surface area (Å²) in [5.41, 5.74) is 2.14. The number of piperazine rings is 1. The van der Waals surface area contributed by atoms with E-state index in [1.807, 2.05) is 18.2 Å². The van der Waals surface area contributed by atoms with Gasteiger partial charge in [0.15, 0.2) is 0 Å². The third kappa shape index (κ3) is 5.94. The highest BCUT2D eigenvalue weighted by Crippen LogP contribution is 2.49. The minimum absolute atomic E-state index is 0. The fourth-order valence-electron chi connectivity index (χ4n) is 3.87. The first-order chi connectivity index (χ1) is 13.6. The van der Waals surface area contributed by atoms with Crippen molar-refractivity contribution < 1.29 is 14.2 Å². The van der Waals surface area contributed by atoms with E-state index in [9.17, 15) is 4.39 Å². The average Bonchev–Trinajstić information content (AvgIpc) is 2.69. The van der Waals surface area contributed by atoms with Crippen molar-refractivity contribution >= 4 is 53.7 Å². The quantitative estimate of drug-likeness (QED) is 0.609. The number of nitrogens with zero attached hydrogens (tertiary/aromatic N) is 2. The molecular formula is C21H26Cl3FN2O2S. The van der Waals surface area contributed by atoms with Gasteiger partial charge in [-0.15, -0.1) is 24.8 Å². The summed E-state index contributed by atoms with van der Waals surface area (Å²) in [6.07, 6.45) is 5.59. The van der Waals surface area contributed by atoms with E-state index in [1.165, 1.54) is 29.5 Å². The van der Waals surface area contributed by atoms with E-state index < -0.39 is 0 Å². The molecule has 0 spiro atoms. The molecule has 4 nitrogen and oxygen atoms in total. The van der Waals surface area contributed by atoms with Gasteiger partial charge in [0.2, 0.25) is 0 Å². The van der Waals surface area contributed by atoms with E-state index in [4.69, 9.17) is 21.4 Å². The molecule has 0 saturated carbocycles. The summed E-state index contributed by atoms with van der Waals surface area (Å²) in [5, 5.41) is 9.07. The van der Waals surface area contributed by atoms with Gasteiger partial charge in [0, 0.05) is 44.4 Å². The van der Waals surface area contributed by atoms with Gasteiger partial charge in [-0.05, 0) is 49.2 Å². The highest BCUT2D eigenvalue weighted by atomic mass is 35.5. The largest absolute Gasteiger partial charge is 0.455 e. The molecular weight excluding hydrogens is 470 g/mol. The Morgan fingerprint density at radius 1 is 1.07 bits per heavy atom. The maximum Gasteiger partial charge on any atom is 0.141 e. The minimum Gasteiger partial charge on any atom is -0.455 e. The Hall–Kier alpha value is -0.730. The second kappa shape index (κ2) is 11.8. The van der Waals surface area contributed by atoms with E-state index >= 15 is 0 Å². The van der Waals surface area contributed by atoms with Crippen molar-refractivity contribution in [1.29, 1.82) is 0 Å². The molecule has 30 heavy (non-hydrogen) atoms. The second-order valence-electron chi connectivity index (χ2n) is 7.16. The van der Waals surface area contributed by atoms with Crippen molar-refractivity contribution in [2.45, 2.75) is 12.8 Å². The first-order valence-electron chi connectivity index (χ1n) is 9.66. The Bertz CT molecular complexity index is 840. The molecule has 0 radical (unpaired) electrons. The summed E-state index contributed by atoms with van der Waals surface area (Å²) in [7, 11) is 0. The Morgan fingerprint density at radius 3 is 2.47 bits per heavy atom. The lowest BCUT2D eigenvalue weighted by molar-refractivity contribution is 0.112. The predicted octanol–water partition coefficient (Wildman–Crippen LogP) is 4.87. The van der Waals surface area contributed by atoms with Crippen molar-refractivity contribution in [3.8, 4) is 5.75 Å². The third-order valence-corrected chi connectivity index (χ3v) is 6.67. The molecule has 3 aliphatic heterocycles. The number of rotatable bonds is 6. The van der Waals surface area contributed by atoms with Crippen molar-refractivity contribution in [2.75, 3.05) is 45.9 Å². The predicted molar refractivity (Wildman–Crippen MR) is 127 cm³/mol. The Morgan fingerprint density at radius 2 is 1.77 bits per heavy atom. The van der Waals surface area contributed by atoms with Gasteiger partial charge in [0.05, 0.1) is 15.9 Å². The van der Waals surface area contributed by atoms with E-state index in [-0.39, 0.29) is 37.2 Å². The maximum atomic E-state index is 13.7.